The van der Waals surface area contributed by atoms with Gasteiger partial charge in [0.05, 0.1) is 15.0 Å². The van der Waals surface area contributed by atoms with E-state index in [-0.39, 0.29) is 15.5 Å². The molecule has 0 aliphatic carbocycles. The van der Waals surface area contributed by atoms with Gasteiger partial charge in [-0.2, -0.15) is 11.8 Å². The first kappa shape index (κ1) is 15.4. The second kappa shape index (κ2) is 5.99. The lowest BCUT2D eigenvalue weighted by atomic mass is 10.2. The van der Waals surface area contributed by atoms with E-state index >= 15 is 0 Å². The zero-order chi connectivity index (χ0) is 13.9. The summed E-state index contributed by atoms with van der Waals surface area (Å²) in [5.74, 6) is 0. The highest BCUT2D eigenvalue weighted by atomic mass is 35.5. The van der Waals surface area contributed by atoms with Crippen molar-refractivity contribution >= 4 is 46.3 Å². The van der Waals surface area contributed by atoms with E-state index in [4.69, 9.17) is 23.2 Å². The van der Waals surface area contributed by atoms with E-state index in [1.54, 1.807) is 11.8 Å². The summed E-state index contributed by atoms with van der Waals surface area (Å²) in [5.41, 5.74) is 0.317. The first-order chi connectivity index (χ1) is 8.26. The molecule has 0 aliphatic heterocycles. The number of nitrogens with zero attached hydrogens (tertiary/aromatic N) is 1. The summed E-state index contributed by atoms with van der Waals surface area (Å²) in [5, 5.41) is 14.5. The van der Waals surface area contributed by atoms with Crippen LogP contribution in [-0.4, -0.2) is 22.5 Å². The summed E-state index contributed by atoms with van der Waals surface area (Å²) in [4.78, 5) is 10.5. The van der Waals surface area contributed by atoms with E-state index in [1.807, 2.05) is 20.1 Å². The van der Waals surface area contributed by atoms with E-state index in [2.05, 4.69) is 5.32 Å². The van der Waals surface area contributed by atoms with Crippen molar-refractivity contribution in [2.45, 2.75) is 18.6 Å². The van der Waals surface area contributed by atoms with Gasteiger partial charge in [0, 0.05) is 17.4 Å². The highest BCUT2D eigenvalue weighted by Crippen LogP contribution is 2.34. The highest BCUT2D eigenvalue weighted by Gasteiger charge is 2.20. The molecule has 1 aromatic rings. The predicted molar refractivity (Wildman–Crippen MR) is 79.2 cm³/mol. The van der Waals surface area contributed by atoms with Crippen LogP contribution in [0, 0.1) is 10.1 Å². The fraction of sp³-hybridized carbons (Fsp3) is 0.455. The third-order valence-electron chi connectivity index (χ3n) is 2.49. The van der Waals surface area contributed by atoms with Gasteiger partial charge in [-0.15, -0.1) is 0 Å². The number of hydrogen-bond acceptors (Lipinski definition) is 4. The quantitative estimate of drug-likeness (QED) is 0.644. The minimum absolute atomic E-state index is 0.0278. The maximum atomic E-state index is 10.9. The summed E-state index contributed by atoms with van der Waals surface area (Å²) >= 11 is 13.3. The smallest absolute Gasteiger partial charge is 0.293 e. The zero-order valence-electron chi connectivity index (χ0n) is 10.3. The number of nitrogens with one attached hydrogen (secondary N) is 1. The van der Waals surface area contributed by atoms with Crippen molar-refractivity contribution in [3.05, 3.63) is 32.3 Å². The molecule has 4 nitrogen and oxygen atoms in total. The van der Waals surface area contributed by atoms with Crippen molar-refractivity contribution in [3.8, 4) is 0 Å². The number of rotatable bonds is 5. The molecule has 1 N–H and O–H groups in total. The Morgan fingerprint density at radius 1 is 1.39 bits per heavy atom. The molecule has 0 atom stereocenters. The molecule has 0 bridgehead atoms. The monoisotopic (exact) mass is 308 g/mol. The van der Waals surface area contributed by atoms with Gasteiger partial charge in [0.1, 0.15) is 5.69 Å². The minimum atomic E-state index is -0.476. The van der Waals surface area contributed by atoms with Crippen LogP contribution in [0.15, 0.2) is 12.1 Å². The second-order valence-electron chi connectivity index (χ2n) is 4.36. The van der Waals surface area contributed by atoms with Crippen molar-refractivity contribution in [3.63, 3.8) is 0 Å². The van der Waals surface area contributed by atoms with Crippen LogP contribution in [0.25, 0.3) is 0 Å². The van der Waals surface area contributed by atoms with Crippen molar-refractivity contribution in [2.75, 3.05) is 18.1 Å². The fourth-order valence-electron chi connectivity index (χ4n) is 1.21. The number of nitro groups is 1. The summed E-state index contributed by atoms with van der Waals surface area (Å²) in [7, 11) is 0. The minimum Gasteiger partial charge on any atom is -0.378 e. The number of thioether (sulfide) groups is 1. The molecule has 0 aliphatic rings. The molecule has 0 aromatic heterocycles. The van der Waals surface area contributed by atoms with E-state index in [0.717, 1.165) is 0 Å². The van der Waals surface area contributed by atoms with Gasteiger partial charge in [-0.1, -0.05) is 23.2 Å². The molecule has 0 unspecified atom stereocenters. The fourth-order valence-corrected chi connectivity index (χ4v) is 1.75. The summed E-state index contributed by atoms with van der Waals surface area (Å²) < 4.78 is -0.0278. The largest absolute Gasteiger partial charge is 0.378 e. The molecule has 1 rings (SSSR count). The molecule has 0 heterocycles. The Morgan fingerprint density at radius 3 is 2.44 bits per heavy atom. The Labute approximate surface area is 120 Å². The number of benzene rings is 1. The topological polar surface area (TPSA) is 55.2 Å². The third kappa shape index (κ3) is 3.93. The number of anilines is 1. The molecule has 1 aromatic carbocycles. The molecule has 0 fully saturated rings. The van der Waals surface area contributed by atoms with Crippen LogP contribution in [-0.2, 0) is 0 Å². The summed E-state index contributed by atoms with van der Waals surface area (Å²) in [6, 6.07) is 2.75. The number of halogens is 2. The van der Waals surface area contributed by atoms with Gasteiger partial charge < -0.3 is 5.32 Å². The third-order valence-corrected chi connectivity index (χ3v) is 4.46. The summed E-state index contributed by atoms with van der Waals surface area (Å²) in [6.45, 7) is 4.69. The van der Waals surface area contributed by atoms with Crippen LogP contribution in [0.3, 0.4) is 0 Å². The first-order valence-electron chi connectivity index (χ1n) is 5.19. The SMILES string of the molecule is CSC(C)(C)CNc1cc(Cl)c(Cl)cc1[N+](=O)[O-]. The molecule has 100 valence electrons. The predicted octanol–water partition coefficient (Wildman–Crippen LogP) is 4.46. The van der Waals surface area contributed by atoms with Gasteiger partial charge in [0.15, 0.2) is 0 Å². The standard InChI is InChI=1S/C11H14Cl2N2O2S/c1-11(2,18-3)6-14-9-4-7(12)8(13)5-10(9)15(16)17/h4-5,14H,6H2,1-3H3. The molecule has 0 saturated heterocycles. The van der Waals surface area contributed by atoms with Gasteiger partial charge in [-0.25, -0.2) is 0 Å². The Kier molecular flexibility index (Phi) is 5.13. The van der Waals surface area contributed by atoms with Crippen LogP contribution in [0.4, 0.5) is 11.4 Å². The van der Waals surface area contributed by atoms with E-state index < -0.39 is 4.92 Å². The van der Waals surface area contributed by atoms with Crippen LogP contribution in [0.5, 0.6) is 0 Å². The second-order valence-corrected chi connectivity index (χ2v) is 6.69. The lowest BCUT2D eigenvalue weighted by molar-refractivity contribution is -0.383. The Bertz CT molecular complexity index is 467. The Hall–Kier alpha value is -0.650. The van der Waals surface area contributed by atoms with E-state index in [9.17, 15) is 10.1 Å². The maximum Gasteiger partial charge on any atom is 0.293 e. The molecular formula is C11H14Cl2N2O2S. The lowest BCUT2D eigenvalue weighted by Gasteiger charge is -2.23. The molecule has 7 heteroatoms. The molecular weight excluding hydrogens is 295 g/mol. The Morgan fingerprint density at radius 2 is 1.94 bits per heavy atom. The lowest BCUT2D eigenvalue weighted by Crippen LogP contribution is -2.26. The van der Waals surface area contributed by atoms with Gasteiger partial charge in [0.2, 0.25) is 0 Å². The van der Waals surface area contributed by atoms with Crippen molar-refractivity contribution in [2.24, 2.45) is 0 Å². The van der Waals surface area contributed by atoms with Crippen LogP contribution in [0.2, 0.25) is 10.0 Å². The highest BCUT2D eigenvalue weighted by molar-refractivity contribution is 7.99. The average Bonchev–Trinajstić information content (AvgIpc) is 2.30. The van der Waals surface area contributed by atoms with Crippen molar-refractivity contribution in [1.82, 2.24) is 0 Å². The van der Waals surface area contributed by atoms with E-state index in [0.29, 0.717) is 17.3 Å². The van der Waals surface area contributed by atoms with Gasteiger partial charge in [0.25, 0.3) is 5.69 Å². The molecule has 0 saturated carbocycles. The molecule has 0 radical (unpaired) electrons. The molecule has 18 heavy (non-hydrogen) atoms. The Balaban J connectivity index is 3.01. The van der Waals surface area contributed by atoms with Crippen LogP contribution < -0.4 is 5.32 Å². The number of hydrogen-bond donors (Lipinski definition) is 1. The average molecular weight is 309 g/mol. The van der Waals surface area contributed by atoms with Gasteiger partial charge in [-0.3, -0.25) is 10.1 Å². The van der Waals surface area contributed by atoms with Crippen molar-refractivity contribution < 1.29 is 4.92 Å². The van der Waals surface area contributed by atoms with Gasteiger partial charge >= 0.3 is 0 Å². The van der Waals surface area contributed by atoms with E-state index in [1.165, 1.54) is 12.1 Å². The number of nitro benzene ring substituents is 1. The first-order valence-corrected chi connectivity index (χ1v) is 7.17. The van der Waals surface area contributed by atoms with Gasteiger partial charge in [-0.05, 0) is 26.2 Å². The molecule has 0 spiro atoms. The van der Waals surface area contributed by atoms with Crippen molar-refractivity contribution in [1.29, 1.82) is 0 Å². The zero-order valence-corrected chi connectivity index (χ0v) is 12.6. The molecule has 0 amide bonds. The summed E-state index contributed by atoms with van der Waals surface area (Å²) in [6.07, 6.45) is 1.99. The normalized spacial score (nSPS) is 11.4. The van der Waals surface area contributed by atoms with Crippen LogP contribution >= 0.6 is 35.0 Å². The van der Waals surface area contributed by atoms with Crippen LogP contribution in [0.1, 0.15) is 13.8 Å². The maximum absolute atomic E-state index is 10.9.